The summed E-state index contributed by atoms with van der Waals surface area (Å²) in [5.41, 5.74) is 1.17. The van der Waals surface area contributed by atoms with Crippen molar-refractivity contribution < 1.29 is 23.7 Å². The third-order valence-corrected chi connectivity index (χ3v) is 7.42. The van der Waals surface area contributed by atoms with Gasteiger partial charge in [0.1, 0.15) is 24.6 Å². The first-order valence-electron chi connectivity index (χ1n) is 14.0. The zero-order valence-electron chi connectivity index (χ0n) is 23.9. The van der Waals surface area contributed by atoms with Gasteiger partial charge in [0.15, 0.2) is 11.5 Å². The van der Waals surface area contributed by atoms with Crippen LogP contribution in [0.25, 0.3) is 10.9 Å². The molecule has 2 aromatic carbocycles. The topological polar surface area (TPSA) is 82.5 Å². The Kier molecular flexibility index (Phi) is 8.21. The molecule has 40 heavy (non-hydrogen) atoms. The zero-order chi connectivity index (χ0) is 28.3. The van der Waals surface area contributed by atoms with Crippen molar-refractivity contribution in [1.82, 2.24) is 14.4 Å². The molecule has 9 heteroatoms. The summed E-state index contributed by atoms with van der Waals surface area (Å²) in [6, 6.07) is 15.2. The molecule has 1 saturated heterocycles. The number of hydrogen-bond donors (Lipinski definition) is 0. The number of amides is 1. The van der Waals surface area contributed by atoms with Crippen LogP contribution in [-0.4, -0.2) is 72.1 Å². The van der Waals surface area contributed by atoms with Crippen LogP contribution in [0.4, 0.5) is 4.79 Å². The van der Waals surface area contributed by atoms with Crippen molar-refractivity contribution in [2.45, 2.75) is 58.3 Å². The number of carbonyl (C=O) groups excluding carboxylic acids is 1. The smallest absolute Gasteiger partial charge is 0.410 e. The van der Waals surface area contributed by atoms with Crippen molar-refractivity contribution in [1.29, 1.82) is 0 Å². The summed E-state index contributed by atoms with van der Waals surface area (Å²) >= 11 is 0. The van der Waals surface area contributed by atoms with E-state index in [9.17, 15) is 9.59 Å². The Morgan fingerprint density at radius 1 is 1.00 bits per heavy atom. The molecule has 214 valence electrons. The number of methoxy groups -OCH3 is 1. The summed E-state index contributed by atoms with van der Waals surface area (Å²) in [6.45, 7) is 10.1. The van der Waals surface area contributed by atoms with Crippen LogP contribution in [0, 0.1) is 0 Å². The quantitative estimate of drug-likeness (QED) is 0.423. The van der Waals surface area contributed by atoms with Crippen LogP contribution in [-0.2, 0) is 17.8 Å². The molecule has 0 atom stereocenters. The van der Waals surface area contributed by atoms with Gasteiger partial charge in [-0.15, -0.1) is 0 Å². The van der Waals surface area contributed by atoms with Gasteiger partial charge in [-0.25, -0.2) is 4.79 Å². The molecule has 0 bridgehead atoms. The van der Waals surface area contributed by atoms with E-state index in [1.165, 1.54) is 0 Å². The molecule has 2 aliphatic rings. The number of para-hydroxylation sites is 1. The molecule has 0 N–H and O–H groups in total. The molecule has 3 aromatic rings. The third-order valence-electron chi connectivity index (χ3n) is 7.42. The fourth-order valence-electron chi connectivity index (χ4n) is 5.45. The van der Waals surface area contributed by atoms with Crippen molar-refractivity contribution >= 4 is 17.0 Å². The van der Waals surface area contributed by atoms with E-state index < -0.39 is 5.60 Å². The highest BCUT2D eigenvalue weighted by molar-refractivity contribution is 5.84. The monoisotopic (exact) mass is 549 g/mol. The molecule has 3 heterocycles. The molecule has 9 nitrogen and oxygen atoms in total. The maximum absolute atomic E-state index is 13.4. The normalized spacial score (nSPS) is 16.1. The second kappa shape index (κ2) is 11.8. The molecule has 5 rings (SSSR count). The van der Waals surface area contributed by atoms with Crippen molar-refractivity contribution in [2.75, 3.05) is 40.0 Å². The number of aromatic nitrogens is 1. The van der Waals surface area contributed by atoms with Crippen molar-refractivity contribution in [3.63, 3.8) is 0 Å². The van der Waals surface area contributed by atoms with Crippen LogP contribution >= 0.6 is 0 Å². The first-order valence-corrected chi connectivity index (χ1v) is 14.0. The van der Waals surface area contributed by atoms with Gasteiger partial charge in [-0.05, 0) is 63.4 Å². The molecular formula is C31H39N3O6. The van der Waals surface area contributed by atoms with Crippen LogP contribution < -0.4 is 19.8 Å². The lowest BCUT2D eigenvalue weighted by Gasteiger charge is -2.39. The summed E-state index contributed by atoms with van der Waals surface area (Å²) in [4.78, 5) is 30.3. The highest BCUT2D eigenvalue weighted by atomic mass is 16.6. The van der Waals surface area contributed by atoms with Crippen LogP contribution in [0.1, 0.15) is 39.2 Å². The molecule has 0 radical (unpaired) electrons. The number of pyridine rings is 1. The fourth-order valence-corrected chi connectivity index (χ4v) is 5.45. The average molecular weight is 550 g/mol. The largest absolute Gasteiger partial charge is 0.495 e. The maximum Gasteiger partial charge on any atom is 0.410 e. The third kappa shape index (κ3) is 6.36. The van der Waals surface area contributed by atoms with E-state index >= 15 is 0 Å². The van der Waals surface area contributed by atoms with Gasteiger partial charge in [0.2, 0.25) is 0 Å². The minimum Gasteiger partial charge on any atom is -0.495 e. The second-order valence-electron chi connectivity index (χ2n) is 11.4. The van der Waals surface area contributed by atoms with Crippen LogP contribution in [0.5, 0.6) is 17.2 Å². The molecule has 1 amide bonds. The Hall–Kier alpha value is -3.72. The van der Waals surface area contributed by atoms with Gasteiger partial charge >= 0.3 is 6.09 Å². The Morgan fingerprint density at radius 2 is 1.75 bits per heavy atom. The van der Waals surface area contributed by atoms with Gasteiger partial charge in [-0.3, -0.25) is 4.79 Å². The van der Waals surface area contributed by atoms with Crippen molar-refractivity contribution in [2.24, 2.45) is 0 Å². The van der Waals surface area contributed by atoms with E-state index in [1.807, 2.05) is 68.1 Å². The van der Waals surface area contributed by atoms with E-state index in [0.29, 0.717) is 37.8 Å². The lowest BCUT2D eigenvalue weighted by atomic mass is 10.0. The summed E-state index contributed by atoms with van der Waals surface area (Å²) in [7, 11) is 1.63. The second-order valence-corrected chi connectivity index (χ2v) is 11.4. The standard InChI is InChI=1S/C31H39N3O6/c1-31(2,3)40-30(36)34(21-22-8-10-25-27(20-22)39-19-18-38-25)24-12-14-32(15-13-24)16-17-33-28(35)11-9-23-6-5-7-26(37-4)29(23)33/h5-11,20,24H,12-19,21H2,1-4H3. The van der Waals surface area contributed by atoms with Crippen LogP contribution in [0.3, 0.4) is 0 Å². The summed E-state index contributed by atoms with van der Waals surface area (Å²) in [6.07, 6.45) is 1.32. The SMILES string of the molecule is COc1cccc2ccc(=O)n(CCN3CCC(N(Cc4ccc5c(c4)OCCO5)C(=O)OC(C)(C)C)CC3)c12. The number of rotatable bonds is 7. The van der Waals surface area contributed by atoms with E-state index in [4.69, 9.17) is 18.9 Å². The van der Waals surface area contributed by atoms with Gasteiger partial charge in [-0.2, -0.15) is 0 Å². The maximum atomic E-state index is 13.4. The first-order chi connectivity index (χ1) is 19.2. The highest BCUT2D eigenvalue weighted by Gasteiger charge is 2.31. The number of carbonyl (C=O) groups is 1. The number of likely N-dealkylation sites (tertiary alicyclic amines) is 1. The van der Waals surface area contributed by atoms with E-state index in [0.717, 1.165) is 54.7 Å². The van der Waals surface area contributed by atoms with Crippen molar-refractivity contribution in [3.05, 3.63) is 64.4 Å². The number of hydrogen-bond acceptors (Lipinski definition) is 7. The number of benzene rings is 2. The summed E-state index contributed by atoms with van der Waals surface area (Å²) in [5, 5.41) is 0.977. The number of nitrogens with zero attached hydrogens (tertiary/aromatic N) is 3. The average Bonchev–Trinajstić information content (AvgIpc) is 2.94. The predicted molar refractivity (Wildman–Crippen MR) is 153 cm³/mol. The van der Waals surface area contributed by atoms with Crippen LogP contribution in [0.15, 0.2) is 53.3 Å². The molecule has 1 aromatic heterocycles. The minimum atomic E-state index is -0.588. The molecule has 0 unspecified atom stereocenters. The Labute approximate surface area is 235 Å². The van der Waals surface area contributed by atoms with Crippen molar-refractivity contribution in [3.8, 4) is 17.2 Å². The lowest BCUT2D eigenvalue weighted by Crippen LogP contribution is -2.49. The van der Waals surface area contributed by atoms with E-state index in [2.05, 4.69) is 4.90 Å². The molecule has 0 spiro atoms. The van der Waals surface area contributed by atoms with Gasteiger partial charge in [0, 0.05) is 50.2 Å². The number of piperidine rings is 1. The van der Waals surface area contributed by atoms with Gasteiger partial charge < -0.3 is 33.3 Å². The number of ether oxygens (including phenoxy) is 4. The molecule has 0 saturated carbocycles. The minimum absolute atomic E-state index is 0.0394. The molecule has 0 aliphatic carbocycles. The Bertz CT molecular complexity index is 1400. The summed E-state index contributed by atoms with van der Waals surface area (Å²) in [5.74, 6) is 2.14. The van der Waals surface area contributed by atoms with E-state index in [1.54, 1.807) is 17.7 Å². The predicted octanol–water partition coefficient (Wildman–Crippen LogP) is 4.68. The Balaban J connectivity index is 1.27. The molecule has 1 fully saturated rings. The Morgan fingerprint density at radius 3 is 2.48 bits per heavy atom. The van der Waals surface area contributed by atoms with Gasteiger partial charge in [0.05, 0.1) is 12.6 Å². The first kappa shape index (κ1) is 27.8. The van der Waals surface area contributed by atoms with Crippen LogP contribution in [0.2, 0.25) is 0 Å². The lowest BCUT2D eigenvalue weighted by molar-refractivity contribution is 0.00562. The zero-order valence-corrected chi connectivity index (χ0v) is 23.9. The van der Waals surface area contributed by atoms with Gasteiger partial charge in [0.25, 0.3) is 5.56 Å². The highest BCUT2D eigenvalue weighted by Crippen LogP contribution is 2.32. The fraction of sp³-hybridized carbons (Fsp3) is 0.484. The molecular weight excluding hydrogens is 510 g/mol. The summed E-state index contributed by atoms with van der Waals surface area (Å²) < 4.78 is 24.6. The van der Waals surface area contributed by atoms with Gasteiger partial charge in [-0.1, -0.05) is 18.2 Å². The molecule has 2 aliphatic heterocycles. The van der Waals surface area contributed by atoms with E-state index in [-0.39, 0.29) is 17.7 Å². The number of fused-ring (bicyclic) bond motifs is 2.